The third-order valence-corrected chi connectivity index (χ3v) is 6.14. The molecule has 1 aliphatic rings. The molecule has 3 aromatic carbocycles. The Kier molecular flexibility index (Phi) is 8.06. The van der Waals surface area contributed by atoms with E-state index in [1.54, 1.807) is 6.07 Å². The van der Waals surface area contributed by atoms with Crippen LogP contribution in [0.15, 0.2) is 66.7 Å². The lowest BCUT2D eigenvalue weighted by Crippen LogP contribution is -2.34. The summed E-state index contributed by atoms with van der Waals surface area (Å²) in [6, 6.07) is 19.5. The zero-order valence-corrected chi connectivity index (χ0v) is 19.4. The minimum Gasteiger partial charge on any atom is -0.390 e. The highest BCUT2D eigenvalue weighted by atomic mass is 19.1. The predicted octanol–water partition coefficient (Wildman–Crippen LogP) is 4.40. The first-order valence-electron chi connectivity index (χ1n) is 11.8. The van der Waals surface area contributed by atoms with Gasteiger partial charge in [0, 0.05) is 26.2 Å². The summed E-state index contributed by atoms with van der Waals surface area (Å²) >= 11 is 0. The molecule has 2 unspecified atom stereocenters. The largest absolute Gasteiger partial charge is 0.390 e. The molecule has 0 aliphatic heterocycles. The Morgan fingerprint density at radius 3 is 2.68 bits per heavy atom. The normalized spacial score (nSPS) is 16.9. The zero-order chi connectivity index (χ0) is 23.9. The monoisotopic (exact) mass is 462 g/mol. The second kappa shape index (κ2) is 11.4. The lowest BCUT2D eigenvalue weighted by molar-refractivity contribution is 0.0854. The van der Waals surface area contributed by atoms with E-state index in [0.717, 1.165) is 48.4 Å². The summed E-state index contributed by atoms with van der Waals surface area (Å²) in [7, 11) is 0. The first kappa shape index (κ1) is 24.1. The van der Waals surface area contributed by atoms with Crippen LogP contribution in [-0.4, -0.2) is 36.9 Å². The molecule has 2 atom stereocenters. The summed E-state index contributed by atoms with van der Waals surface area (Å²) in [5, 5.41) is 16.9. The van der Waals surface area contributed by atoms with Crippen molar-refractivity contribution in [1.82, 2.24) is 10.6 Å². The number of rotatable bonds is 10. The van der Waals surface area contributed by atoms with Crippen LogP contribution in [0, 0.1) is 5.82 Å². The molecular formula is C28H31FN2O3. The summed E-state index contributed by atoms with van der Waals surface area (Å²) in [4.78, 5) is 12.9. The van der Waals surface area contributed by atoms with Crippen LogP contribution < -0.4 is 10.6 Å². The molecular weight excluding hydrogens is 431 g/mol. The molecule has 0 fully saturated rings. The van der Waals surface area contributed by atoms with Crippen LogP contribution in [-0.2, 0) is 17.7 Å². The summed E-state index contributed by atoms with van der Waals surface area (Å²) in [6.07, 6.45) is 0.641. The van der Waals surface area contributed by atoms with E-state index < -0.39 is 23.9 Å². The highest BCUT2D eigenvalue weighted by Crippen LogP contribution is 2.33. The van der Waals surface area contributed by atoms with E-state index in [4.69, 9.17) is 4.74 Å². The fourth-order valence-electron chi connectivity index (χ4n) is 4.36. The quantitative estimate of drug-likeness (QED) is 0.391. The van der Waals surface area contributed by atoms with Crippen LogP contribution in [0.3, 0.4) is 0 Å². The average molecular weight is 463 g/mol. The van der Waals surface area contributed by atoms with Gasteiger partial charge in [0.1, 0.15) is 5.82 Å². The molecule has 3 N–H and O–H groups in total. The van der Waals surface area contributed by atoms with E-state index in [-0.39, 0.29) is 5.56 Å². The van der Waals surface area contributed by atoms with Crippen molar-refractivity contribution in [3.63, 3.8) is 0 Å². The van der Waals surface area contributed by atoms with E-state index in [9.17, 15) is 14.3 Å². The molecule has 3 aromatic rings. The predicted molar refractivity (Wildman–Crippen MR) is 131 cm³/mol. The highest BCUT2D eigenvalue weighted by Gasteiger charge is 2.33. The van der Waals surface area contributed by atoms with Gasteiger partial charge in [-0.3, -0.25) is 4.79 Å². The molecule has 0 saturated heterocycles. The number of fused-ring (bicyclic) bond motifs is 1. The molecule has 6 heteroatoms. The number of benzene rings is 3. The maximum Gasteiger partial charge on any atom is 0.254 e. The van der Waals surface area contributed by atoms with E-state index in [1.165, 1.54) is 12.1 Å². The van der Waals surface area contributed by atoms with Crippen LogP contribution in [0.5, 0.6) is 0 Å². The van der Waals surface area contributed by atoms with Crippen molar-refractivity contribution in [1.29, 1.82) is 0 Å². The third kappa shape index (κ3) is 5.70. The van der Waals surface area contributed by atoms with Gasteiger partial charge in [-0.05, 0) is 59.8 Å². The van der Waals surface area contributed by atoms with Gasteiger partial charge in [-0.1, -0.05) is 54.6 Å². The standard InChI is InChI=1S/C28H31FN2O3/c1-2-34-14-6-13-30-18-19-9-10-22-17-26(32)27(24(22)15-19)31-28(33)23-12-11-21(16-25(23)29)20-7-4-3-5-8-20/h3-5,7-12,15-16,26-27,30,32H,2,6,13-14,17-18H2,1H3,(H,31,33). The smallest absolute Gasteiger partial charge is 0.254 e. The van der Waals surface area contributed by atoms with Crippen LogP contribution in [0.4, 0.5) is 4.39 Å². The number of halogens is 1. The molecule has 0 aromatic heterocycles. The van der Waals surface area contributed by atoms with Crippen molar-refractivity contribution in [2.45, 2.75) is 38.5 Å². The van der Waals surface area contributed by atoms with Crippen molar-refractivity contribution in [3.8, 4) is 11.1 Å². The Bertz CT molecular complexity index is 1120. The Morgan fingerprint density at radius 1 is 1.09 bits per heavy atom. The number of carbonyl (C=O) groups excluding carboxylic acids is 1. The lowest BCUT2D eigenvalue weighted by atomic mass is 10.0. The number of carbonyl (C=O) groups is 1. The Balaban J connectivity index is 1.43. The van der Waals surface area contributed by atoms with Crippen molar-refractivity contribution in [2.24, 2.45) is 0 Å². The SMILES string of the molecule is CCOCCCNCc1ccc2c(c1)C(NC(=O)c1ccc(-c3ccccc3)cc1F)C(O)C2. The molecule has 0 bridgehead atoms. The molecule has 1 aliphatic carbocycles. The topological polar surface area (TPSA) is 70.6 Å². The minimum absolute atomic E-state index is 0.0348. The maximum absolute atomic E-state index is 14.8. The Labute approximate surface area is 200 Å². The Hall–Kier alpha value is -3.06. The molecule has 0 radical (unpaired) electrons. The first-order valence-corrected chi connectivity index (χ1v) is 11.8. The third-order valence-electron chi connectivity index (χ3n) is 6.14. The number of ether oxygens (including phenoxy) is 1. The molecule has 0 spiro atoms. The van der Waals surface area contributed by atoms with E-state index >= 15 is 0 Å². The molecule has 0 saturated carbocycles. The van der Waals surface area contributed by atoms with Crippen LogP contribution in [0.2, 0.25) is 0 Å². The van der Waals surface area contributed by atoms with Gasteiger partial charge in [-0.2, -0.15) is 0 Å². The van der Waals surface area contributed by atoms with Gasteiger partial charge in [0.15, 0.2) is 0 Å². The first-order chi connectivity index (χ1) is 16.6. The molecule has 4 rings (SSSR count). The number of aliphatic hydroxyl groups excluding tert-OH is 1. The molecule has 178 valence electrons. The fraction of sp³-hybridized carbons (Fsp3) is 0.321. The van der Waals surface area contributed by atoms with Gasteiger partial charge in [0.05, 0.1) is 17.7 Å². The number of aliphatic hydroxyl groups is 1. The summed E-state index contributed by atoms with van der Waals surface area (Å²) in [5.74, 6) is -1.12. The van der Waals surface area contributed by atoms with Gasteiger partial charge < -0.3 is 20.5 Å². The zero-order valence-electron chi connectivity index (χ0n) is 19.4. The van der Waals surface area contributed by atoms with Crippen LogP contribution in [0.1, 0.15) is 46.4 Å². The van der Waals surface area contributed by atoms with Crippen LogP contribution in [0.25, 0.3) is 11.1 Å². The van der Waals surface area contributed by atoms with Gasteiger partial charge >= 0.3 is 0 Å². The van der Waals surface area contributed by atoms with Gasteiger partial charge in [0.2, 0.25) is 0 Å². The van der Waals surface area contributed by atoms with Gasteiger partial charge in [-0.25, -0.2) is 4.39 Å². The van der Waals surface area contributed by atoms with Crippen molar-refractivity contribution in [2.75, 3.05) is 19.8 Å². The van der Waals surface area contributed by atoms with Gasteiger partial charge in [0.25, 0.3) is 5.91 Å². The van der Waals surface area contributed by atoms with E-state index in [0.29, 0.717) is 18.5 Å². The Morgan fingerprint density at radius 2 is 1.91 bits per heavy atom. The van der Waals surface area contributed by atoms with Gasteiger partial charge in [-0.15, -0.1) is 0 Å². The van der Waals surface area contributed by atoms with Crippen LogP contribution >= 0.6 is 0 Å². The number of amides is 1. The molecule has 34 heavy (non-hydrogen) atoms. The van der Waals surface area contributed by atoms with Crippen molar-refractivity contribution >= 4 is 5.91 Å². The fourth-order valence-corrected chi connectivity index (χ4v) is 4.36. The summed E-state index contributed by atoms with van der Waals surface area (Å²) < 4.78 is 20.2. The van der Waals surface area contributed by atoms with Crippen molar-refractivity contribution < 1.29 is 19.0 Å². The molecule has 0 heterocycles. The minimum atomic E-state index is -0.750. The maximum atomic E-state index is 14.8. The second-order valence-electron chi connectivity index (χ2n) is 8.54. The summed E-state index contributed by atoms with van der Waals surface area (Å²) in [6.45, 7) is 4.97. The summed E-state index contributed by atoms with van der Waals surface area (Å²) in [5.41, 5.74) is 4.51. The lowest BCUT2D eigenvalue weighted by Gasteiger charge is -2.19. The number of hydrogen-bond donors (Lipinski definition) is 3. The van der Waals surface area contributed by atoms with E-state index in [2.05, 4.69) is 10.6 Å². The second-order valence-corrected chi connectivity index (χ2v) is 8.54. The molecule has 5 nitrogen and oxygen atoms in total. The highest BCUT2D eigenvalue weighted by molar-refractivity contribution is 5.95. The number of nitrogens with one attached hydrogen (secondary N) is 2. The van der Waals surface area contributed by atoms with Crippen molar-refractivity contribution in [3.05, 3.63) is 94.8 Å². The molecule has 1 amide bonds. The average Bonchev–Trinajstić information content (AvgIpc) is 3.16. The number of hydrogen-bond acceptors (Lipinski definition) is 4. The van der Waals surface area contributed by atoms with E-state index in [1.807, 2.05) is 55.5 Å².